The van der Waals surface area contributed by atoms with E-state index in [1.54, 1.807) is 49.4 Å². The first-order valence-electron chi connectivity index (χ1n) is 10.8. The Labute approximate surface area is 220 Å². The molecule has 1 aliphatic heterocycles. The molecule has 0 aliphatic carbocycles. The van der Waals surface area contributed by atoms with Crippen molar-refractivity contribution < 1.29 is 23.9 Å². The smallest absolute Gasteiger partial charge is 0.337 e. The molecule has 1 N–H and O–H groups in total. The standard InChI is InChI=1S/C26H21BrClN3O5/c1-13-9-18(6-7-20(13)27)31-24(33)19(23(32)29-26(31)35)11-17-10-14(2)30(15(17)3)22-12-16(25(34)36-4)5-8-21(22)28/h5-12H,1-4H3,(H,29,32,35)/b19-11+. The van der Waals surface area contributed by atoms with Crippen LogP contribution in [0.5, 0.6) is 0 Å². The predicted molar refractivity (Wildman–Crippen MR) is 139 cm³/mol. The zero-order chi connectivity index (χ0) is 26.3. The Morgan fingerprint density at radius 1 is 1.06 bits per heavy atom. The molecule has 184 valence electrons. The van der Waals surface area contributed by atoms with Gasteiger partial charge in [-0.3, -0.25) is 14.9 Å². The third-order valence-electron chi connectivity index (χ3n) is 5.88. The van der Waals surface area contributed by atoms with Crippen LogP contribution in [0.4, 0.5) is 10.5 Å². The summed E-state index contributed by atoms with van der Waals surface area (Å²) in [6, 6.07) is 10.8. The number of nitrogens with zero attached hydrogens (tertiary/aromatic N) is 2. The second-order valence-electron chi connectivity index (χ2n) is 8.21. The molecule has 0 radical (unpaired) electrons. The van der Waals surface area contributed by atoms with Crippen molar-refractivity contribution in [1.29, 1.82) is 0 Å². The fraction of sp³-hybridized carbons (Fsp3) is 0.154. The van der Waals surface area contributed by atoms with Gasteiger partial charge in [0.25, 0.3) is 11.8 Å². The summed E-state index contributed by atoms with van der Waals surface area (Å²) in [7, 11) is 1.29. The number of aromatic nitrogens is 1. The lowest BCUT2D eigenvalue weighted by molar-refractivity contribution is -0.122. The zero-order valence-corrected chi connectivity index (χ0v) is 22.2. The Morgan fingerprint density at radius 3 is 2.44 bits per heavy atom. The number of imide groups is 2. The summed E-state index contributed by atoms with van der Waals surface area (Å²) in [6.07, 6.45) is 1.44. The van der Waals surface area contributed by atoms with E-state index in [0.717, 1.165) is 20.6 Å². The quantitative estimate of drug-likeness (QED) is 0.262. The minimum absolute atomic E-state index is 0.190. The summed E-state index contributed by atoms with van der Waals surface area (Å²) in [4.78, 5) is 51.5. The van der Waals surface area contributed by atoms with Crippen LogP contribution >= 0.6 is 27.5 Å². The maximum atomic E-state index is 13.3. The van der Waals surface area contributed by atoms with Gasteiger partial charge in [-0.25, -0.2) is 14.5 Å². The number of hydrogen-bond acceptors (Lipinski definition) is 5. The number of aryl methyl sites for hydroxylation is 2. The molecule has 3 aromatic rings. The minimum Gasteiger partial charge on any atom is -0.465 e. The number of barbiturate groups is 1. The molecule has 1 aromatic heterocycles. The first-order valence-corrected chi connectivity index (χ1v) is 12.0. The van der Waals surface area contributed by atoms with E-state index < -0.39 is 23.8 Å². The molecular formula is C26H21BrClN3O5. The van der Waals surface area contributed by atoms with Crippen LogP contribution in [-0.4, -0.2) is 35.5 Å². The van der Waals surface area contributed by atoms with Crippen LogP contribution in [-0.2, 0) is 14.3 Å². The van der Waals surface area contributed by atoms with E-state index in [9.17, 15) is 19.2 Å². The summed E-state index contributed by atoms with van der Waals surface area (Å²) in [5.41, 5.74) is 3.84. The summed E-state index contributed by atoms with van der Waals surface area (Å²) < 4.78 is 7.45. The van der Waals surface area contributed by atoms with Crippen LogP contribution in [0.15, 0.2) is 52.5 Å². The largest absolute Gasteiger partial charge is 0.465 e. The Hall–Kier alpha value is -3.69. The Balaban J connectivity index is 1.79. The predicted octanol–water partition coefficient (Wildman–Crippen LogP) is 5.27. The van der Waals surface area contributed by atoms with Gasteiger partial charge in [0, 0.05) is 15.9 Å². The molecule has 1 saturated heterocycles. The molecule has 0 saturated carbocycles. The summed E-state index contributed by atoms with van der Waals surface area (Å²) >= 11 is 9.84. The van der Waals surface area contributed by atoms with Gasteiger partial charge in [0.15, 0.2) is 0 Å². The highest BCUT2D eigenvalue weighted by Gasteiger charge is 2.37. The average Bonchev–Trinajstić information content (AvgIpc) is 3.11. The van der Waals surface area contributed by atoms with E-state index >= 15 is 0 Å². The van der Waals surface area contributed by atoms with Crippen molar-refractivity contribution in [2.24, 2.45) is 0 Å². The number of benzene rings is 2. The second kappa shape index (κ2) is 9.75. The normalized spacial score (nSPS) is 14.9. The van der Waals surface area contributed by atoms with Crippen LogP contribution < -0.4 is 10.2 Å². The molecule has 36 heavy (non-hydrogen) atoms. The number of rotatable bonds is 4. The Bertz CT molecular complexity index is 1490. The number of carbonyl (C=O) groups excluding carboxylic acids is 4. The van der Waals surface area contributed by atoms with Crippen molar-refractivity contribution in [2.75, 3.05) is 12.0 Å². The number of nitrogens with one attached hydrogen (secondary N) is 1. The molecule has 0 bridgehead atoms. The molecule has 1 aliphatic rings. The van der Waals surface area contributed by atoms with E-state index in [0.29, 0.717) is 33.2 Å². The Morgan fingerprint density at radius 2 is 1.78 bits per heavy atom. The van der Waals surface area contributed by atoms with Gasteiger partial charge in [-0.1, -0.05) is 27.5 Å². The van der Waals surface area contributed by atoms with Crippen molar-refractivity contribution in [3.8, 4) is 5.69 Å². The second-order valence-corrected chi connectivity index (χ2v) is 9.47. The van der Waals surface area contributed by atoms with Gasteiger partial charge in [-0.05, 0) is 80.4 Å². The van der Waals surface area contributed by atoms with Gasteiger partial charge in [0.05, 0.1) is 29.1 Å². The third-order valence-corrected chi connectivity index (χ3v) is 7.09. The highest BCUT2D eigenvalue weighted by Crippen LogP contribution is 2.30. The van der Waals surface area contributed by atoms with Crippen LogP contribution in [0.25, 0.3) is 11.8 Å². The molecule has 2 heterocycles. The van der Waals surface area contributed by atoms with Gasteiger partial charge in [0.2, 0.25) is 0 Å². The molecule has 10 heteroatoms. The van der Waals surface area contributed by atoms with Crippen molar-refractivity contribution in [1.82, 2.24) is 9.88 Å². The topological polar surface area (TPSA) is 97.7 Å². The number of halogens is 2. The van der Waals surface area contributed by atoms with Gasteiger partial charge in [-0.15, -0.1) is 0 Å². The number of amides is 4. The molecule has 0 spiro atoms. The molecule has 1 fully saturated rings. The first-order chi connectivity index (χ1) is 17.0. The fourth-order valence-corrected chi connectivity index (χ4v) is 4.50. The number of carbonyl (C=O) groups is 4. The zero-order valence-electron chi connectivity index (χ0n) is 19.8. The molecular weight excluding hydrogens is 550 g/mol. The molecule has 2 aromatic carbocycles. The molecule has 0 atom stereocenters. The summed E-state index contributed by atoms with van der Waals surface area (Å²) in [5, 5.41) is 2.64. The van der Waals surface area contributed by atoms with E-state index in [1.165, 1.54) is 13.2 Å². The molecule has 4 rings (SSSR count). The highest BCUT2D eigenvalue weighted by atomic mass is 79.9. The molecule has 4 amide bonds. The monoisotopic (exact) mass is 569 g/mol. The SMILES string of the molecule is COC(=O)c1ccc(Cl)c(-n2c(C)cc(/C=C3\C(=O)NC(=O)N(c4ccc(Br)c(C)c4)C3=O)c2C)c1. The lowest BCUT2D eigenvalue weighted by Crippen LogP contribution is -2.54. The van der Waals surface area contributed by atoms with E-state index in [1.807, 2.05) is 18.4 Å². The minimum atomic E-state index is -0.819. The number of methoxy groups -OCH3 is 1. The van der Waals surface area contributed by atoms with E-state index in [2.05, 4.69) is 21.2 Å². The van der Waals surface area contributed by atoms with E-state index in [-0.39, 0.29) is 5.57 Å². The maximum absolute atomic E-state index is 13.3. The lowest BCUT2D eigenvalue weighted by Gasteiger charge is -2.26. The van der Waals surface area contributed by atoms with Gasteiger partial charge in [-0.2, -0.15) is 0 Å². The summed E-state index contributed by atoms with van der Waals surface area (Å²) in [6.45, 7) is 5.46. The number of urea groups is 1. The van der Waals surface area contributed by atoms with Crippen LogP contribution in [0.3, 0.4) is 0 Å². The number of hydrogen-bond donors (Lipinski definition) is 1. The maximum Gasteiger partial charge on any atom is 0.337 e. The number of ether oxygens (including phenoxy) is 1. The van der Waals surface area contributed by atoms with E-state index in [4.69, 9.17) is 16.3 Å². The van der Waals surface area contributed by atoms with Crippen LogP contribution in [0.2, 0.25) is 5.02 Å². The molecule has 8 nitrogen and oxygen atoms in total. The number of anilines is 1. The highest BCUT2D eigenvalue weighted by molar-refractivity contribution is 9.10. The van der Waals surface area contributed by atoms with Gasteiger partial charge in [0.1, 0.15) is 5.57 Å². The van der Waals surface area contributed by atoms with Gasteiger partial charge < -0.3 is 9.30 Å². The lowest BCUT2D eigenvalue weighted by atomic mass is 10.1. The number of esters is 1. The summed E-state index contributed by atoms with van der Waals surface area (Å²) in [5.74, 6) is -2.03. The Kier molecular flexibility index (Phi) is 6.88. The van der Waals surface area contributed by atoms with Crippen LogP contribution in [0, 0.1) is 20.8 Å². The van der Waals surface area contributed by atoms with Crippen molar-refractivity contribution in [2.45, 2.75) is 20.8 Å². The van der Waals surface area contributed by atoms with Crippen molar-refractivity contribution in [3.63, 3.8) is 0 Å². The third kappa shape index (κ3) is 4.47. The average molecular weight is 571 g/mol. The van der Waals surface area contributed by atoms with Crippen LogP contribution in [0.1, 0.15) is 32.9 Å². The van der Waals surface area contributed by atoms with Crippen molar-refractivity contribution in [3.05, 3.63) is 85.6 Å². The van der Waals surface area contributed by atoms with Crippen molar-refractivity contribution >= 4 is 63.1 Å². The first kappa shape index (κ1) is 25.4. The fourth-order valence-electron chi connectivity index (χ4n) is 4.05. The molecule has 0 unspecified atom stereocenters. The van der Waals surface area contributed by atoms with Gasteiger partial charge >= 0.3 is 12.0 Å².